The molecule has 0 aromatic carbocycles. The van der Waals surface area contributed by atoms with Gasteiger partial charge in [0.2, 0.25) is 0 Å². The van der Waals surface area contributed by atoms with E-state index in [-0.39, 0.29) is 18.2 Å². The highest BCUT2D eigenvalue weighted by Gasteiger charge is 2.31. The molecule has 114 valence electrons. The molecule has 0 atom stereocenters. The summed E-state index contributed by atoms with van der Waals surface area (Å²) in [5.74, 6) is 0.823. The zero-order chi connectivity index (χ0) is 15.3. The zero-order valence-electron chi connectivity index (χ0n) is 11.4. The van der Waals surface area contributed by atoms with Gasteiger partial charge < -0.3 is 15.2 Å². The number of pyridine rings is 1. The van der Waals surface area contributed by atoms with E-state index in [0.29, 0.717) is 12.3 Å². The van der Waals surface area contributed by atoms with Gasteiger partial charge in [0.25, 0.3) is 0 Å². The van der Waals surface area contributed by atoms with Gasteiger partial charge in [-0.05, 0) is 18.6 Å². The predicted molar refractivity (Wildman–Crippen MR) is 71.8 cm³/mol. The maximum absolute atomic E-state index is 12.9. The Morgan fingerprint density at radius 1 is 1.19 bits per heavy atom. The summed E-state index contributed by atoms with van der Waals surface area (Å²) >= 11 is 0. The zero-order valence-corrected chi connectivity index (χ0v) is 11.4. The summed E-state index contributed by atoms with van der Waals surface area (Å²) in [5, 5.41) is 9.17. The van der Waals surface area contributed by atoms with E-state index in [4.69, 9.17) is 4.52 Å². The summed E-state index contributed by atoms with van der Waals surface area (Å²) < 4.78 is 43.5. The fourth-order valence-electron chi connectivity index (χ4n) is 1.64. The second kappa shape index (κ2) is 6.47. The highest BCUT2D eigenvalue weighted by molar-refractivity contribution is 5.49. The van der Waals surface area contributed by atoms with Gasteiger partial charge in [0, 0.05) is 12.6 Å². The van der Waals surface area contributed by atoms with Gasteiger partial charge in [-0.15, -0.1) is 0 Å². The second-order valence-corrected chi connectivity index (χ2v) is 4.38. The normalized spacial score (nSPS) is 11.4. The van der Waals surface area contributed by atoms with Crippen molar-refractivity contribution in [3.05, 3.63) is 35.7 Å². The van der Waals surface area contributed by atoms with Crippen LogP contribution in [-0.2, 0) is 12.7 Å². The van der Waals surface area contributed by atoms with Gasteiger partial charge >= 0.3 is 6.18 Å². The molecule has 0 unspecified atom stereocenters. The Hall–Kier alpha value is -2.25. The number of aromatic nitrogens is 2. The molecule has 0 aliphatic rings. The summed E-state index contributed by atoms with van der Waals surface area (Å²) in [5.41, 5.74) is -0.754. The van der Waals surface area contributed by atoms with Crippen molar-refractivity contribution in [2.75, 3.05) is 17.2 Å². The van der Waals surface area contributed by atoms with Crippen LogP contribution in [0.25, 0.3) is 0 Å². The van der Waals surface area contributed by atoms with Crippen LogP contribution in [0, 0.1) is 0 Å². The van der Waals surface area contributed by atoms with Crippen LogP contribution in [-0.4, -0.2) is 16.7 Å². The van der Waals surface area contributed by atoms with Gasteiger partial charge in [-0.25, -0.2) is 4.98 Å². The maximum Gasteiger partial charge on any atom is 0.416 e. The minimum absolute atomic E-state index is 0.125. The average molecular weight is 300 g/mol. The lowest BCUT2D eigenvalue weighted by atomic mass is 10.2. The number of hydrogen-bond acceptors (Lipinski definition) is 5. The van der Waals surface area contributed by atoms with Gasteiger partial charge in [0.1, 0.15) is 11.6 Å². The van der Waals surface area contributed by atoms with Crippen molar-refractivity contribution in [1.82, 2.24) is 10.1 Å². The fraction of sp³-hybridized carbons (Fsp3) is 0.385. The number of alkyl halides is 3. The summed E-state index contributed by atoms with van der Waals surface area (Å²) in [6.07, 6.45) is -2.17. The largest absolute Gasteiger partial charge is 0.416 e. The van der Waals surface area contributed by atoms with Gasteiger partial charge in [-0.1, -0.05) is 12.1 Å². The first-order valence-electron chi connectivity index (χ1n) is 6.45. The van der Waals surface area contributed by atoms with Gasteiger partial charge in [0.15, 0.2) is 5.76 Å². The molecule has 0 aliphatic heterocycles. The Balaban J connectivity index is 2.17. The van der Waals surface area contributed by atoms with Crippen molar-refractivity contribution < 1.29 is 17.7 Å². The summed E-state index contributed by atoms with van der Waals surface area (Å²) in [6, 6.07) is 3.58. The first-order chi connectivity index (χ1) is 9.99. The molecule has 0 bridgehead atoms. The quantitative estimate of drug-likeness (QED) is 0.854. The molecule has 0 spiro atoms. The van der Waals surface area contributed by atoms with Crippen LogP contribution in [0.4, 0.5) is 24.8 Å². The SMILES string of the molecule is CCCNc1cc(C(F)(F)F)cc(NCc2ccno2)n1. The Morgan fingerprint density at radius 2 is 1.90 bits per heavy atom. The summed E-state index contributed by atoms with van der Waals surface area (Å²) in [7, 11) is 0. The molecule has 0 aliphatic carbocycles. The van der Waals surface area contributed by atoms with Gasteiger partial charge in [-0.3, -0.25) is 0 Å². The molecular formula is C13H15F3N4O. The van der Waals surface area contributed by atoms with E-state index in [1.54, 1.807) is 6.07 Å². The number of rotatable bonds is 6. The number of hydrogen-bond donors (Lipinski definition) is 2. The molecule has 5 nitrogen and oxygen atoms in total. The minimum Gasteiger partial charge on any atom is -0.370 e. The van der Waals surface area contributed by atoms with E-state index in [2.05, 4.69) is 20.8 Å². The van der Waals surface area contributed by atoms with Gasteiger partial charge in [-0.2, -0.15) is 13.2 Å². The van der Waals surface area contributed by atoms with E-state index < -0.39 is 11.7 Å². The molecule has 2 aromatic rings. The van der Waals surface area contributed by atoms with Crippen LogP contribution in [0.2, 0.25) is 0 Å². The number of nitrogens with zero attached hydrogens (tertiary/aromatic N) is 2. The molecule has 2 N–H and O–H groups in total. The fourth-order valence-corrected chi connectivity index (χ4v) is 1.64. The number of anilines is 2. The van der Waals surface area contributed by atoms with Crippen molar-refractivity contribution in [1.29, 1.82) is 0 Å². The molecule has 2 aromatic heterocycles. The third kappa shape index (κ3) is 4.37. The molecule has 2 heterocycles. The lowest BCUT2D eigenvalue weighted by Crippen LogP contribution is -2.11. The van der Waals surface area contributed by atoms with Crippen LogP contribution >= 0.6 is 0 Å². The Bertz CT molecular complexity index is 569. The third-order valence-electron chi connectivity index (χ3n) is 2.64. The highest BCUT2D eigenvalue weighted by Crippen LogP contribution is 2.32. The minimum atomic E-state index is -4.42. The standard InChI is InChI=1S/C13H15F3N4O/c1-2-4-17-11-6-9(13(14,15)16)7-12(20-11)18-8-10-3-5-19-21-10/h3,5-7H,2,4,8H2,1H3,(H2,17,18,20). The first-order valence-corrected chi connectivity index (χ1v) is 6.45. The average Bonchev–Trinajstić information content (AvgIpc) is 2.95. The molecule has 0 saturated carbocycles. The van der Waals surface area contributed by atoms with Crippen molar-refractivity contribution in [2.45, 2.75) is 26.1 Å². The molecule has 0 radical (unpaired) electrons. The molecule has 8 heteroatoms. The Kier molecular flexibility index (Phi) is 4.66. The Morgan fingerprint density at radius 3 is 2.48 bits per heavy atom. The van der Waals surface area contributed by atoms with Gasteiger partial charge in [0.05, 0.1) is 18.3 Å². The second-order valence-electron chi connectivity index (χ2n) is 4.38. The smallest absolute Gasteiger partial charge is 0.370 e. The van der Waals surface area contributed by atoms with Crippen molar-refractivity contribution in [3.63, 3.8) is 0 Å². The van der Waals surface area contributed by atoms with Crippen LogP contribution in [0.15, 0.2) is 28.9 Å². The predicted octanol–water partition coefficient (Wildman–Crippen LogP) is 3.52. The lowest BCUT2D eigenvalue weighted by Gasteiger charge is -2.13. The van der Waals surface area contributed by atoms with Crippen molar-refractivity contribution in [3.8, 4) is 0 Å². The summed E-state index contributed by atoms with van der Waals surface area (Å²) in [6.45, 7) is 2.68. The monoisotopic (exact) mass is 300 g/mol. The number of nitrogens with one attached hydrogen (secondary N) is 2. The van der Waals surface area contributed by atoms with Crippen LogP contribution < -0.4 is 10.6 Å². The van der Waals surface area contributed by atoms with Crippen LogP contribution in [0.5, 0.6) is 0 Å². The molecule has 21 heavy (non-hydrogen) atoms. The van der Waals surface area contributed by atoms with Crippen molar-refractivity contribution >= 4 is 11.6 Å². The van der Waals surface area contributed by atoms with E-state index >= 15 is 0 Å². The third-order valence-corrected chi connectivity index (χ3v) is 2.64. The van der Waals surface area contributed by atoms with E-state index in [1.165, 1.54) is 6.20 Å². The topological polar surface area (TPSA) is 63.0 Å². The van der Waals surface area contributed by atoms with E-state index in [1.807, 2.05) is 6.92 Å². The molecular weight excluding hydrogens is 285 g/mol. The highest BCUT2D eigenvalue weighted by atomic mass is 19.4. The molecule has 0 saturated heterocycles. The van der Waals surface area contributed by atoms with Crippen LogP contribution in [0.3, 0.4) is 0 Å². The first kappa shape index (κ1) is 15.1. The molecule has 2 rings (SSSR count). The van der Waals surface area contributed by atoms with Crippen molar-refractivity contribution in [2.24, 2.45) is 0 Å². The number of halogens is 3. The molecule has 0 fully saturated rings. The lowest BCUT2D eigenvalue weighted by molar-refractivity contribution is -0.137. The molecule has 0 amide bonds. The summed E-state index contributed by atoms with van der Waals surface area (Å²) in [4.78, 5) is 4.10. The van der Waals surface area contributed by atoms with Crippen LogP contribution in [0.1, 0.15) is 24.7 Å². The maximum atomic E-state index is 12.9. The Labute approximate surface area is 119 Å². The van der Waals surface area contributed by atoms with E-state index in [0.717, 1.165) is 18.6 Å². The van der Waals surface area contributed by atoms with E-state index in [9.17, 15) is 13.2 Å².